The lowest BCUT2D eigenvalue weighted by atomic mass is 9.99. The number of imidazole rings is 1. The van der Waals surface area contributed by atoms with Gasteiger partial charge in [0.1, 0.15) is 5.65 Å². The lowest BCUT2D eigenvalue weighted by Gasteiger charge is -2.11. The van der Waals surface area contributed by atoms with Crippen LogP contribution in [0.25, 0.3) is 83.7 Å². The highest BCUT2D eigenvalue weighted by molar-refractivity contribution is 6.13. The third-order valence-electron chi connectivity index (χ3n) is 8.56. The Morgan fingerprint density at radius 3 is 1.60 bits per heavy atom. The highest BCUT2D eigenvalue weighted by atomic mass is 15.0. The van der Waals surface area contributed by atoms with E-state index in [1.807, 2.05) is 36.4 Å². The summed E-state index contributed by atoms with van der Waals surface area (Å²) in [5.74, 6) is 0.700. The number of pyridine rings is 1. The summed E-state index contributed by atoms with van der Waals surface area (Å²) in [5, 5.41) is 2.47. The predicted molar refractivity (Wildman–Crippen MR) is 184 cm³/mol. The van der Waals surface area contributed by atoms with Gasteiger partial charge in [0, 0.05) is 33.0 Å². The zero-order valence-electron chi connectivity index (χ0n) is 24.3. The van der Waals surface area contributed by atoms with E-state index in [9.17, 15) is 0 Å². The summed E-state index contributed by atoms with van der Waals surface area (Å²) < 4.78 is 2.29. The molecule has 0 aliphatic carbocycles. The molecule has 0 aliphatic rings. The summed E-state index contributed by atoms with van der Waals surface area (Å²) in [6.45, 7) is 0. The van der Waals surface area contributed by atoms with E-state index in [0.29, 0.717) is 5.82 Å². The molecule has 4 heteroatoms. The first-order valence-electron chi connectivity index (χ1n) is 15.1. The zero-order chi connectivity index (χ0) is 29.7. The van der Waals surface area contributed by atoms with Gasteiger partial charge in [0.05, 0.1) is 28.1 Å². The molecule has 0 spiro atoms. The average molecular weight is 575 g/mol. The van der Waals surface area contributed by atoms with Crippen LogP contribution in [0.3, 0.4) is 0 Å². The minimum Gasteiger partial charge on any atom is -0.292 e. The largest absolute Gasteiger partial charge is 0.292 e. The van der Waals surface area contributed by atoms with E-state index in [-0.39, 0.29) is 0 Å². The van der Waals surface area contributed by atoms with E-state index >= 15 is 0 Å². The van der Waals surface area contributed by atoms with E-state index in [2.05, 4.69) is 126 Å². The molecule has 0 bridgehead atoms. The number of hydrogen-bond acceptors (Lipinski definition) is 3. The van der Waals surface area contributed by atoms with Gasteiger partial charge < -0.3 is 0 Å². The molecule has 0 amide bonds. The fourth-order valence-electron chi connectivity index (χ4n) is 6.44. The first-order chi connectivity index (χ1) is 22.3. The topological polar surface area (TPSA) is 43.1 Å². The Kier molecular flexibility index (Phi) is 5.78. The maximum Gasteiger partial charge on any atom is 0.160 e. The summed E-state index contributed by atoms with van der Waals surface area (Å²) in [4.78, 5) is 15.2. The van der Waals surface area contributed by atoms with Gasteiger partial charge in [0.2, 0.25) is 0 Å². The molecule has 45 heavy (non-hydrogen) atoms. The molecule has 0 unspecified atom stereocenters. The van der Waals surface area contributed by atoms with Gasteiger partial charge in [-0.05, 0) is 41.5 Å². The molecule has 9 rings (SSSR count). The molecular weight excluding hydrogens is 548 g/mol. The van der Waals surface area contributed by atoms with Crippen LogP contribution in [0.4, 0.5) is 0 Å². The fraction of sp³-hybridized carbons (Fsp3) is 0. The fourth-order valence-corrected chi connectivity index (χ4v) is 6.44. The second-order valence-electron chi connectivity index (χ2n) is 11.3. The van der Waals surface area contributed by atoms with Crippen molar-refractivity contribution in [2.75, 3.05) is 0 Å². The second-order valence-corrected chi connectivity index (χ2v) is 11.3. The maximum absolute atomic E-state index is 5.11. The minimum atomic E-state index is 0.700. The third kappa shape index (κ3) is 4.27. The molecule has 4 aromatic heterocycles. The molecule has 0 aliphatic heterocycles. The summed E-state index contributed by atoms with van der Waals surface area (Å²) in [5.41, 5.74) is 12.5. The lowest BCUT2D eigenvalue weighted by molar-refractivity contribution is 1.18. The van der Waals surface area contributed by atoms with E-state index in [0.717, 1.165) is 61.6 Å². The summed E-state index contributed by atoms with van der Waals surface area (Å²) in [6.07, 6.45) is 0. The van der Waals surface area contributed by atoms with Crippen LogP contribution in [-0.2, 0) is 0 Å². The molecule has 0 N–H and O–H groups in total. The maximum atomic E-state index is 5.11. The van der Waals surface area contributed by atoms with Crippen molar-refractivity contribution >= 4 is 27.5 Å². The first-order valence-corrected chi connectivity index (χ1v) is 15.1. The van der Waals surface area contributed by atoms with Gasteiger partial charge in [-0.1, -0.05) is 127 Å². The van der Waals surface area contributed by atoms with Crippen molar-refractivity contribution in [1.82, 2.24) is 19.4 Å². The number of fused-ring (bicyclic) bond motifs is 3. The molecular formula is C41H26N4. The van der Waals surface area contributed by atoms with Crippen LogP contribution in [0.5, 0.6) is 0 Å². The molecule has 5 aromatic carbocycles. The zero-order valence-corrected chi connectivity index (χ0v) is 24.3. The molecule has 210 valence electrons. The van der Waals surface area contributed by atoms with Gasteiger partial charge in [-0.25, -0.2) is 15.0 Å². The Morgan fingerprint density at radius 1 is 0.378 bits per heavy atom. The SMILES string of the molecule is c1ccc(-c2cc(-c3ccccc3)nc(-c3cccc(-c4cccc(-c5nc6cccc7c8ccccc8c5n67)c4)c3)n2)cc1. The van der Waals surface area contributed by atoms with Crippen LogP contribution in [-0.4, -0.2) is 19.4 Å². The summed E-state index contributed by atoms with van der Waals surface area (Å²) >= 11 is 0. The van der Waals surface area contributed by atoms with E-state index in [1.165, 1.54) is 16.3 Å². The van der Waals surface area contributed by atoms with Crippen LogP contribution in [0.15, 0.2) is 158 Å². The average Bonchev–Trinajstić information content (AvgIpc) is 3.68. The van der Waals surface area contributed by atoms with Crippen molar-refractivity contribution < 1.29 is 0 Å². The van der Waals surface area contributed by atoms with Crippen molar-refractivity contribution in [3.63, 3.8) is 0 Å². The Bertz CT molecular complexity index is 2420. The quantitative estimate of drug-likeness (QED) is 0.205. The Balaban J connectivity index is 1.17. The highest BCUT2D eigenvalue weighted by Gasteiger charge is 2.19. The van der Waals surface area contributed by atoms with Crippen molar-refractivity contribution in [2.24, 2.45) is 0 Å². The van der Waals surface area contributed by atoms with Gasteiger partial charge in [0.25, 0.3) is 0 Å². The third-order valence-corrected chi connectivity index (χ3v) is 8.56. The first kappa shape index (κ1) is 25.4. The monoisotopic (exact) mass is 574 g/mol. The van der Waals surface area contributed by atoms with Gasteiger partial charge in [0.15, 0.2) is 5.82 Å². The summed E-state index contributed by atoms with van der Waals surface area (Å²) in [7, 11) is 0. The molecule has 4 nitrogen and oxygen atoms in total. The smallest absolute Gasteiger partial charge is 0.160 e. The van der Waals surface area contributed by atoms with Crippen LogP contribution >= 0.6 is 0 Å². The lowest BCUT2D eigenvalue weighted by Crippen LogP contribution is -1.96. The van der Waals surface area contributed by atoms with E-state index in [1.54, 1.807) is 0 Å². The molecule has 0 radical (unpaired) electrons. The molecule has 0 fully saturated rings. The molecule has 0 saturated carbocycles. The highest BCUT2D eigenvalue weighted by Crippen LogP contribution is 2.38. The molecule has 4 heterocycles. The number of benzene rings is 5. The van der Waals surface area contributed by atoms with Gasteiger partial charge >= 0.3 is 0 Å². The molecule has 0 saturated heterocycles. The Morgan fingerprint density at radius 2 is 0.911 bits per heavy atom. The normalized spacial score (nSPS) is 11.6. The Labute approximate surface area is 260 Å². The minimum absolute atomic E-state index is 0.700. The number of hydrogen-bond donors (Lipinski definition) is 0. The number of aromatic nitrogens is 4. The number of nitrogens with zero attached hydrogens (tertiary/aromatic N) is 4. The van der Waals surface area contributed by atoms with Gasteiger partial charge in [-0.3, -0.25) is 4.40 Å². The molecule has 9 aromatic rings. The number of rotatable bonds is 5. The molecule has 0 atom stereocenters. The second kappa shape index (κ2) is 10.2. The summed E-state index contributed by atoms with van der Waals surface area (Å²) in [6, 6.07) is 54.8. The van der Waals surface area contributed by atoms with Crippen molar-refractivity contribution in [1.29, 1.82) is 0 Å². The van der Waals surface area contributed by atoms with Crippen LogP contribution in [0, 0.1) is 0 Å². The van der Waals surface area contributed by atoms with Crippen LogP contribution < -0.4 is 0 Å². The van der Waals surface area contributed by atoms with Gasteiger partial charge in [-0.2, -0.15) is 0 Å². The predicted octanol–water partition coefficient (Wildman–Crippen LogP) is 10.2. The Hall–Kier alpha value is -6.13. The van der Waals surface area contributed by atoms with Crippen LogP contribution in [0.1, 0.15) is 0 Å². The van der Waals surface area contributed by atoms with E-state index in [4.69, 9.17) is 15.0 Å². The van der Waals surface area contributed by atoms with Crippen molar-refractivity contribution in [3.05, 3.63) is 158 Å². The van der Waals surface area contributed by atoms with Crippen molar-refractivity contribution in [2.45, 2.75) is 0 Å². The van der Waals surface area contributed by atoms with Crippen LogP contribution in [0.2, 0.25) is 0 Å². The standard InChI is InChI=1S/C41H26N4/c1-3-12-27(13-4-1)35-26-36(28-14-5-2-6-15-28)43-41(42-35)32-19-10-17-30(25-32)29-16-9-18-31(24-29)39-40-34-21-8-7-20-33(34)37-22-11-23-38(44-39)45(37)40/h1-26H. The van der Waals surface area contributed by atoms with Crippen molar-refractivity contribution in [3.8, 4) is 56.3 Å². The van der Waals surface area contributed by atoms with Gasteiger partial charge in [-0.15, -0.1) is 0 Å². The van der Waals surface area contributed by atoms with E-state index < -0.39 is 0 Å².